The molecule has 0 bridgehead atoms. The molecular weight excluding hydrogens is 242 g/mol. The second kappa shape index (κ2) is 6.37. The quantitative estimate of drug-likeness (QED) is 0.814. The number of likely N-dealkylation sites (N-methyl/N-ethyl adjacent to an activating group) is 1. The molecule has 5 heteroatoms. The first-order valence-electron chi connectivity index (χ1n) is 7.47. The minimum atomic E-state index is -0.327. The lowest BCUT2D eigenvalue weighted by Crippen LogP contribution is -2.53. The van der Waals surface area contributed by atoms with Crippen molar-refractivity contribution in [2.75, 3.05) is 26.2 Å². The molecule has 2 saturated heterocycles. The topological polar surface area (TPSA) is 52.7 Å². The highest BCUT2D eigenvalue weighted by molar-refractivity contribution is 5.90. The molecule has 2 heterocycles. The zero-order valence-corrected chi connectivity index (χ0v) is 12.0. The van der Waals surface area contributed by atoms with Crippen LogP contribution in [0.1, 0.15) is 39.5 Å². The molecule has 108 valence electrons. The van der Waals surface area contributed by atoms with Gasteiger partial charge in [0.15, 0.2) is 0 Å². The molecule has 2 amide bonds. The molecule has 0 radical (unpaired) electrons. The van der Waals surface area contributed by atoms with E-state index in [1.54, 1.807) is 0 Å². The summed E-state index contributed by atoms with van der Waals surface area (Å²) < 4.78 is 0. The molecule has 0 aromatic rings. The van der Waals surface area contributed by atoms with Gasteiger partial charge >= 0.3 is 0 Å². The number of likely N-dealkylation sites (tertiary alicyclic amines) is 1. The summed E-state index contributed by atoms with van der Waals surface area (Å²) in [6.45, 7) is 7.80. The molecule has 5 nitrogen and oxygen atoms in total. The average molecular weight is 267 g/mol. The lowest BCUT2D eigenvalue weighted by Gasteiger charge is -2.39. The van der Waals surface area contributed by atoms with E-state index >= 15 is 0 Å². The second-order valence-electron chi connectivity index (χ2n) is 5.50. The summed E-state index contributed by atoms with van der Waals surface area (Å²) in [5, 5.41) is 2.83. The van der Waals surface area contributed by atoms with Crippen LogP contribution in [0.5, 0.6) is 0 Å². The fourth-order valence-electron chi connectivity index (χ4n) is 3.07. The fourth-order valence-corrected chi connectivity index (χ4v) is 3.07. The Morgan fingerprint density at radius 3 is 2.74 bits per heavy atom. The first kappa shape index (κ1) is 14.3. The number of carbonyl (C=O) groups is 2. The number of rotatable bonds is 3. The molecule has 2 aliphatic rings. The molecule has 2 unspecified atom stereocenters. The van der Waals surface area contributed by atoms with Crippen LogP contribution in [0.4, 0.5) is 0 Å². The van der Waals surface area contributed by atoms with E-state index in [1.165, 1.54) is 0 Å². The van der Waals surface area contributed by atoms with Crippen LogP contribution in [-0.2, 0) is 9.59 Å². The van der Waals surface area contributed by atoms with Crippen molar-refractivity contribution < 1.29 is 9.59 Å². The number of nitrogens with one attached hydrogen (secondary N) is 1. The Bertz CT molecular complexity index is 346. The van der Waals surface area contributed by atoms with Gasteiger partial charge < -0.3 is 15.1 Å². The first-order chi connectivity index (χ1) is 9.15. The summed E-state index contributed by atoms with van der Waals surface area (Å²) >= 11 is 0. The Balaban J connectivity index is 2.08. The molecule has 0 spiro atoms. The summed E-state index contributed by atoms with van der Waals surface area (Å²) in [4.78, 5) is 28.5. The summed E-state index contributed by atoms with van der Waals surface area (Å²) in [6.07, 6.45) is 3.31. The van der Waals surface area contributed by atoms with Crippen LogP contribution in [0, 0.1) is 0 Å². The average Bonchev–Trinajstić information content (AvgIpc) is 2.58. The smallest absolute Gasteiger partial charge is 0.245 e. The third-order valence-electron chi connectivity index (χ3n) is 4.27. The molecule has 1 N–H and O–H groups in total. The number of piperidine rings is 1. The van der Waals surface area contributed by atoms with Gasteiger partial charge in [-0.15, -0.1) is 0 Å². The largest absolute Gasteiger partial charge is 0.344 e. The lowest BCUT2D eigenvalue weighted by molar-refractivity contribution is -0.136. The Hall–Kier alpha value is -1.10. The number of carbonyl (C=O) groups excluding carboxylic acids is 2. The van der Waals surface area contributed by atoms with Gasteiger partial charge in [-0.25, -0.2) is 0 Å². The molecule has 2 aliphatic heterocycles. The van der Waals surface area contributed by atoms with Gasteiger partial charge in [0.2, 0.25) is 11.8 Å². The summed E-state index contributed by atoms with van der Waals surface area (Å²) in [6, 6.07) is -0.0463. The minimum absolute atomic E-state index is 0.00542. The Kier molecular flexibility index (Phi) is 4.80. The van der Waals surface area contributed by atoms with E-state index in [4.69, 9.17) is 0 Å². The second-order valence-corrected chi connectivity index (χ2v) is 5.50. The molecule has 0 saturated carbocycles. The van der Waals surface area contributed by atoms with Gasteiger partial charge in [0.05, 0.1) is 0 Å². The third kappa shape index (κ3) is 3.26. The molecule has 0 aromatic carbocycles. The van der Waals surface area contributed by atoms with Crippen LogP contribution in [0.2, 0.25) is 0 Å². The van der Waals surface area contributed by atoms with Gasteiger partial charge in [0, 0.05) is 25.6 Å². The lowest BCUT2D eigenvalue weighted by atomic mass is 10.0. The van der Waals surface area contributed by atoms with Crippen molar-refractivity contribution >= 4 is 11.8 Å². The van der Waals surface area contributed by atoms with E-state index in [0.717, 1.165) is 32.5 Å². The standard InChI is InChI=1S/C14H25N3O2/c1-3-12-14(19)17(9-7-13(18)15-12)11-6-5-8-16(4-2)10-11/h11-12H,3-10H2,1-2H3,(H,15,18). The predicted molar refractivity (Wildman–Crippen MR) is 73.7 cm³/mol. The summed E-state index contributed by atoms with van der Waals surface area (Å²) in [5.74, 6) is 0.113. The SMILES string of the molecule is CCC1NC(=O)CCN(C2CCCN(CC)C2)C1=O. The first-order valence-corrected chi connectivity index (χ1v) is 7.47. The van der Waals surface area contributed by atoms with Gasteiger partial charge in [-0.1, -0.05) is 13.8 Å². The monoisotopic (exact) mass is 267 g/mol. The summed E-state index contributed by atoms with van der Waals surface area (Å²) in [7, 11) is 0. The number of hydrogen-bond donors (Lipinski definition) is 1. The molecule has 0 aliphatic carbocycles. The number of hydrogen-bond acceptors (Lipinski definition) is 3. The highest BCUT2D eigenvalue weighted by Crippen LogP contribution is 2.19. The van der Waals surface area contributed by atoms with Crippen LogP contribution in [0.15, 0.2) is 0 Å². The van der Waals surface area contributed by atoms with Crippen LogP contribution in [-0.4, -0.2) is 59.9 Å². The zero-order valence-electron chi connectivity index (χ0n) is 12.0. The van der Waals surface area contributed by atoms with Crippen molar-refractivity contribution in [2.45, 2.75) is 51.6 Å². The Morgan fingerprint density at radius 1 is 1.26 bits per heavy atom. The normalized spacial score (nSPS) is 30.1. The van der Waals surface area contributed by atoms with Crippen LogP contribution < -0.4 is 5.32 Å². The van der Waals surface area contributed by atoms with Crippen molar-refractivity contribution in [1.29, 1.82) is 0 Å². The van der Waals surface area contributed by atoms with E-state index in [-0.39, 0.29) is 23.9 Å². The molecule has 2 fully saturated rings. The molecule has 2 atom stereocenters. The van der Waals surface area contributed by atoms with Crippen molar-refractivity contribution in [2.24, 2.45) is 0 Å². The van der Waals surface area contributed by atoms with Crippen LogP contribution >= 0.6 is 0 Å². The maximum Gasteiger partial charge on any atom is 0.245 e. The zero-order chi connectivity index (χ0) is 13.8. The number of amides is 2. The van der Waals surface area contributed by atoms with E-state index in [2.05, 4.69) is 17.1 Å². The van der Waals surface area contributed by atoms with E-state index < -0.39 is 0 Å². The Labute approximate surface area is 115 Å². The number of nitrogens with zero attached hydrogens (tertiary/aromatic N) is 2. The van der Waals surface area contributed by atoms with Crippen LogP contribution in [0.3, 0.4) is 0 Å². The molecule has 2 rings (SSSR count). The van der Waals surface area contributed by atoms with E-state index in [9.17, 15) is 9.59 Å². The molecule has 19 heavy (non-hydrogen) atoms. The maximum absolute atomic E-state index is 12.5. The van der Waals surface area contributed by atoms with Crippen molar-refractivity contribution in [1.82, 2.24) is 15.1 Å². The minimum Gasteiger partial charge on any atom is -0.344 e. The fraction of sp³-hybridized carbons (Fsp3) is 0.857. The maximum atomic E-state index is 12.5. The van der Waals surface area contributed by atoms with Gasteiger partial charge in [0.1, 0.15) is 6.04 Å². The van der Waals surface area contributed by atoms with Crippen molar-refractivity contribution in [3.05, 3.63) is 0 Å². The third-order valence-corrected chi connectivity index (χ3v) is 4.27. The van der Waals surface area contributed by atoms with Gasteiger partial charge in [-0.2, -0.15) is 0 Å². The van der Waals surface area contributed by atoms with E-state index in [1.807, 2.05) is 11.8 Å². The van der Waals surface area contributed by atoms with Crippen LogP contribution in [0.25, 0.3) is 0 Å². The summed E-state index contributed by atoms with van der Waals surface area (Å²) in [5.41, 5.74) is 0. The van der Waals surface area contributed by atoms with Gasteiger partial charge in [0.25, 0.3) is 0 Å². The molecule has 0 aromatic heterocycles. The Morgan fingerprint density at radius 2 is 2.05 bits per heavy atom. The van der Waals surface area contributed by atoms with Gasteiger partial charge in [-0.05, 0) is 32.4 Å². The highest BCUT2D eigenvalue weighted by atomic mass is 16.2. The van der Waals surface area contributed by atoms with Gasteiger partial charge in [-0.3, -0.25) is 9.59 Å². The predicted octanol–water partition coefficient (Wildman–Crippen LogP) is 0.598. The van der Waals surface area contributed by atoms with Crippen molar-refractivity contribution in [3.8, 4) is 0 Å². The van der Waals surface area contributed by atoms with Crippen molar-refractivity contribution in [3.63, 3.8) is 0 Å². The highest BCUT2D eigenvalue weighted by Gasteiger charge is 2.34. The molecular formula is C14H25N3O2. The van der Waals surface area contributed by atoms with E-state index in [0.29, 0.717) is 19.4 Å².